The van der Waals surface area contributed by atoms with Crippen LogP contribution in [-0.4, -0.2) is 22.4 Å². The molecule has 0 heterocycles. The average Bonchev–Trinajstić information content (AvgIpc) is 2.08. The maximum atomic E-state index is 9.28. The monoisotopic (exact) mass is 272 g/mol. The van der Waals surface area contributed by atoms with Gasteiger partial charge in [0.05, 0.1) is 12.2 Å². The van der Waals surface area contributed by atoms with Gasteiger partial charge in [0.2, 0.25) is 0 Å². The second-order valence-electron chi connectivity index (χ2n) is 4.03. The highest BCUT2D eigenvalue weighted by molar-refractivity contribution is 9.10. The number of aliphatic hydroxyl groups excluding tert-OH is 2. The van der Waals surface area contributed by atoms with E-state index in [-0.39, 0.29) is 12.2 Å². The zero-order valence-corrected chi connectivity index (χ0v) is 10.7. The Balaban J connectivity index is 2.78. The van der Waals surface area contributed by atoms with Crippen LogP contribution in [0.4, 0.5) is 0 Å². The van der Waals surface area contributed by atoms with Crippen LogP contribution < -0.4 is 0 Å². The highest BCUT2D eigenvalue weighted by Gasteiger charge is 2.06. The van der Waals surface area contributed by atoms with E-state index in [0.717, 1.165) is 15.6 Å². The van der Waals surface area contributed by atoms with E-state index in [2.05, 4.69) is 15.9 Å². The van der Waals surface area contributed by atoms with Crippen LogP contribution in [0.2, 0.25) is 0 Å². The summed E-state index contributed by atoms with van der Waals surface area (Å²) in [6, 6.07) is 5.99. The molecule has 0 saturated carbocycles. The van der Waals surface area contributed by atoms with Crippen LogP contribution >= 0.6 is 15.9 Å². The summed E-state index contributed by atoms with van der Waals surface area (Å²) in [4.78, 5) is 0. The molecule has 0 spiro atoms. The van der Waals surface area contributed by atoms with E-state index in [9.17, 15) is 10.2 Å². The smallest absolute Gasteiger partial charge is 0.0552 e. The van der Waals surface area contributed by atoms with Crippen molar-refractivity contribution < 1.29 is 10.2 Å². The Morgan fingerprint density at radius 2 is 1.73 bits per heavy atom. The largest absolute Gasteiger partial charge is 0.393 e. The molecule has 2 nitrogen and oxygen atoms in total. The van der Waals surface area contributed by atoms with Crippen molar-refractivity contribution in [1.82, 2.24) is 0 Å². The third kappa shape index (κ3) is 4.33. The SMILES string of the molecule is CC(O)Cc1ccc(CC(C)O)c(Br)c1. The molecule has 0 aliphatic carbocycles. The summed E-state index contributed by atoms with van der Waals surface area (Å²) in [5.74, 6) is 0. The zero-order chi connectivity index (χ0) is 11.4. The van der Waals surface area contributed by atoms with Crippen molar-refractivity contribution in [2.45, 2.75) is 38.9 Å². The van der Waals surface area contributed by atoms with Crippen LogP contribution in [0.15, 0.2) is 22.7 Å². The zero-order valence-electron chi connectivity index (χ0n) is 9.07. The first-order valence-corrected chi connectivity index (χ1v) is 5.91. The van der Waals surface area contributed by atoms with E-state index in [0.29, 0.717) is 12.8 Å². The summed E-state index contributed by atoms with van der Waals surface area (Å²) in [6.45, 7) is 3.55. The fraction of sp³-hybridized carbons (Fsp3) is 0.500. The highest BCUT2D eigenvalue weighted by Crippen LogP contribution is 2.21. The standard InChI is InChI=1S/C12H17BrO2/c1-8(14)5-10-3-4-11(6-9(2)15)12(13)7-10/h3-4,7-9,14-15H,5-6H2,1-2H3. The maximum absolute atomic E-state index is 9.28. The van der Waals surface area contributed by atoms with Gasteiger partial charge in [-0.2, -0.15) is 0 Å². The Morgan fingerprint density at radius 3 is 2.20 bits per heavy atom. The van der Waals surface area contributed by atoms with Gasteiger partial charge in [0.1, 0.15) is 0 Å². The summed E-state index contributed by atoms with van der Waals surface area (Å²) >= 11 is 3.47. The number of hydrogen-bond acceptors (Lipinski definition) is 2. The van der Waals surface area contributed by atoms with Crippen LogP contribution in [0.3, 0.4) is 0 Å². The van der Waals surface area contributed by atoms with E-state index in [1.807, 2.05) is 18.2 Å². The van der Waals surface area contributed by atoms with Crippen LogP contribution in [-0.2, 0) is 12.8 Å². The normalized spacial score (nSPS) is 15.0. The van der Waals surface area contributed by atoms with E-state index >= 15 is 0 Å². The number of aliphatic hydroxyl groups is 2. The molecule has 0 fully saturated rings. The molecule has 0 bridgehead atoms. The van der Waals surface area contributed by atoms with Crippen molar-refractivity contribution in [3.63, 3.8) is 0 Å². The average molecular weight is 273 g/mol. The molecule has 2 unspecified atom stereocenters. The lowest BCUT2D eigenvalue weighted by Crippen LogP contribution is -2.07. The molecular formula is C12H17BrO2. The molecule has 0 amide bonds. The van der Waals surface area contributed by atoms with Gasteiger partial charge in [0.15, 0.2) is 0 Å². The lowest BCUT2D eigenvalue weighted by molar-refractivity contribution is 0.194. The molecule has 3 heteroatoms. The Morgan fingerprint density at radius 1 is 1.13 bits per heavy atom. The quantitative estimate of drug-likeness (QED) is 0.883. The van der Waals surface area contributed by atoms with Crippen molar-refractivity contribution >= 4 is 15.9 Å². The first-order chi connectivity index (χ1) is 6.99. The van der Waals surface area contributed by atoms with Crippen molar-refractivity contribution in [2.75, 3.05) is 0 Å². The van der Waals surface area contributed by atoms with Crippen molar-refractivity contribution in [3.05, 3.63) is 33.8 Å². The second kappa shape index (κ2) is 5.64. The number of halogens is 1. The molecular weight excluding hydrogens is 256 g/mol. The van der Waals surface area contributed by atoms with Gasteiger partial charge in [-0.1, -0.05) is 28.1 Å². The predicted molar refractivity (Wildman–Crippen MR) is 64.9 cm³/mol. The summed E-state index contributed by atoms with van der Waals surface area (Å²) < 4.78 is 1.00. The van der Waals surface area contributed by atoms with E-state index in [1.54, 1.807) is 13.8 Å². The Hall–Kier alpha value is -0.380. The summed E-state index contributed by atoms with van der Waals surface area (Å²) in [5.41, 5.74) is 2.20. The minimum Gasteiger partial charge on any atom is -0.393 e. The molecule has 0 saturated heterocycles. The van der Waals surface area contributed by atoms with Gasteiger partial charge in [-0.25, -0.2) is 0 Å². The lowest BCUT2D eigenvalue weighted by atomic mass is 10.0. The fourth-order valence-electron chi connectivity index (χ4n) is 1.54. The molecule has 2 atom stereocenters. The lowest BCUT2D eigenvalue weighted by Gasteiger charge is -2.10. The molecule has 0 radical (unpaired) electrons. The molecule has 15 heavy (non-hydrogen) atoms. The summed E-state index contributed by atoms with van der Waals surface area (Å²) in [7, 11) is 0. The van der Waals surface area contributed by atoms with Crippen LogP contribution in [0.1, 0.15) is 25.0 Å². The van der Waals surface area contributed by atoms with Gasteiger partial charge >= 0.3 is 0 Å². The summed E-state index contributed by atoms with van der Waals surface area (Å²) in [6.07, 6.45) is 0.659. The fourth-order valence-corrected chi connectivity index (χ4v) is 2.13. The predicted octanol–water partition coefficient (Wildman–Crippen LogP) is 2.30. The third-order valence-electron chi connectivity index (χ3n) is 2.16. The molecule has 1 rings (SSSR count). The summed E-state index contributed by atoms with van der Waals surface area (Å²) in [5, 5.41) is 18.5. The molecule has 2 N–H and O–H groups in total. The molecule has 1 aromatic rings. The molecule has 84 valence electrons. The van der Waals surface area contributed by atoms with Crippen molar-refractivity contribution in [3.8, 4) is 0 Å². The maximum Gasteiger partial charge on any atom is 0.0552 e. The van der Waals surface area contributed by atoms with Crippen LogP contribution in [0.25, 0.3) is 0 Å². The number of benzene rings is 1. The van der Waals surface area contributed by atoms with E-state index < -0.39 is 0 Å². The van der Waals surface area contributed by atoms with Gasteiger partial charge in [-0.05, 0) is 43.9 Å². The number of hydrogen-bond donors (Lipinski definition) is 2. The van der Waals surface area contributed by atoms with E-state index in [1.165, 1.54) is 0 Å². The molecule has 0 aliphatic rings. The van der Waals surface area contributed by atoms with Gasteiger partial charge in [-0.3, -0.25) is 0 Å². The van der Waals surface area contributed by atoms with Crippen LogP contribution in [0.5, 0.6) is 0 Å². The van der Waals surface area contributed by atoms with Gasteiger partial charge in [0.25, 0.3) is 0 Å². The van der Waals surface area contributed by atoms with Gasteiger partial charge in [-0.15, -0.1) is 0 Å². The van der Waals surface area contributed by atoms with Crippen molar-refractivity contribution in [1.29, 1.82) is 0 Å². The van der Waals surface area contributed by atoms with Gasteiger partial charge < -0.3 is 10.2 Å². The molecule has 0 aromatic heterocycles. The number of rotatable bonds is 4. The van der Waals surface area contributed by atoms with E-state index in [4.69, 9.17) is 0 Å². The molecule has 0 aliphatic heterocycles. The first kappa shape index (κ1) is 12.7. The minimum atomic E-state index is -0.330. The first-order valence-electron chi connectivity index (χ1n) is 5.12. The Labute approximate surface area is 99.1 Å². The highest BCUT2D eigenvalue weighted by atomic mass is 79.9. The minimum absolute atomic E-state index is 0.320. The Kier molecular flexibility index (Phi) is 4.77. The van der Waals surface area contributed by atoms with Crippen LogP contribution in [0, 0.1) is 0 Å². The van der Waals surface area contributed by atoms with Crippen molar-refractivity contribution in [2.24, 2.45) is 0 Å². The van der Waals surface area contributed by atoms with Gasteiger partial charge in [0, 0.05) is 4.47 Å². The Bertz CT molecular complexity index is 321. The molecule has 1 aromatic carbocycles. The topological polar surface area (TPSA) is 40.5 Å². The third-order valence-corrected chi connectivity index (χ3v) is 2.90. The second-order valence-corrected chi connectivity index (χ2v) is 4.89.